The Bertz CT molecular complexity index is 363. The maximum Gasteiger partial charge on any atom is 0.123 e. The summed E-state index contributed by atoms with van der Waals surface area (Å²) < 4.78 is 18.1. The van der Waals surface area contributed by atoms with E-state index in [-0.39, 0.29) is 5.82 Å². The maximum absolute atomic E-state index is 12.8. The molecule has 1 aromatic carbocycles. The molecule has 0 unspecified atom stereocenters. The van der Waals surface area contributed by atoms with Crippen LogP contribution in [0.1, 0.15) is 12.8 Å². The number of ether oxygens (including phenoxy) is 1. The molecule has 0 aliphatic carbocycles. The van der Waals surface area contributed by atoms with Crippen LogP contribution in [0, 0.1) is 11.7 Å². The minimum atomic E-state index is -0.192. The summed E-state index contributed by atoms with van der Waals surface area (Å²) in [6.07, 6.45) is 2.35. The average molecular weight is 266 g/mol. The third-order valence-corrected chi connectivity index (χ3v) is 3.58. The molecule has 1 aromatic rings. The molecule has 1 aliphatic heterocycles. The monoisotopic (exact) mass is 266 g/mol. The van der Waals surface area contributed by atoms with E-state index in [0.29, 0.717) is 0 Å². The Morgan fingerprint density at radius 2 is 1.95 bits per heavy atom. The Balaban J connectivity index is 1.63. The van der Waals surface area contributed by atoms with E-state index in [1.54, 1.807) is 12.1 Å². The van der Waals surface area contributed by atoms with Crippen molar-refractivity contribution in [3.63, 3.8) is 0 Å². The first-order chi connectivity index (χ1) is 9.24. The van der Waals surface area contributed by atoms with Gasteiger partial charge >= 0.3 is 0 Å². The van der Waals surface area contributed by atoms with Gasteiger partial charge in [-0.15, -0.1) is 0 Å². The van der Waals surface area contributed by atoms with Crippen molar-refractivity contribution in [2.24, 2.45) is 5.92 Å². The third kappa shape index (κ3) is 5.17. The van der Waals surface area contributed by atoms with Gasteiger partial charge < -0.3 is 15.0 Å². The summed E-state index contributed by atoms with van der Waals surface area (Å²) >= 11 is 0. The van der Waals surface area contributed by atoms with E-state index in [4.69, 9.17) is 4.74 Å². The molecule has 0 aromatic heterocycles. The maximum atomic E-state index is 12.8. The predicted molar refractivity (Wildman–Crippen MR) is 75.9 cm³/mol. The first-order valence-electron chi connectivity index (χ1n) is 7.00. The van der Waals surface area contributed by atoms with Gasteiger partial charge in [-0.1, -0.05) is 0 Å². The van der Waals surface area contributed by atoms with Gasteiger partial charge in [0.1, 0.15) is 5.82 Å². The zero-order chi connectivity index (χ0) is 13.5. The van der Waals surface area contributed by atoms with Gasteiger partial charge in [0.25, 0.3) is 0 Å². The largest absolute Gasteiger partial charge is 0.384 e. The van der Waals surface area contributed by atoms with Crippen LogP contribution in [-0.4, -0.2) is 44.8 Å². The van der Waals surface area contributed by atoms with Gasteiger partial charge in [0.15, 0.2) is 0 Å². The summed E-state index contributed by atoms with van der Waals surface area (Å²) in [4.78, 5) is 2.35. The van der Waals surface area contributed by atoms with E-state index in [2.05, 4.69) is 17.3 Å². The van der Waals surface area contributed by atoms with Gasteiger partial charge in [0.2, 0.25) is 0 Å². The van der Waals surface area contributed by atoms with Crippen molar-refractivity contribution in [1.29, 1.82) is 0 Å². The fourth-order valence-corrected chi connectivity index (χ4v) is 2.42. The summed E-state index contributed by atoms with van der Waals surface area (Å²) in [5, 5.41) is 3.31. The predicted octanol–water partition coefficient (Wildman–Crippen LogP) is 2.60. The smallest absolute Gasteiger partial charge is 0.123 e. The SMILES string of the molecule is CN(CCNc1ccc(F)cc1)CC1CCOCC1. The summed E-state index contributed by atoms with van der Waals surface area (Å²) in [5.74, 6) is 0.576. The molecule has 0 amide bonds. The number of nitrogens with zero attached hydrogens (tertiary/aromatic N) is 1. The van der Waals surface area contributed by atoms with E-state index in [0.717, 1.165) is 44.5 Å². The molecular weight excluding hydrogens is 243 g/mol. The number of anilines is 1. The summed E-state index contributed by atoms with van der Waals surface area (Å²) in [5.41, 5.74) is 0.973. The lowest BCUT2D eigenvalue weighted by Crippen LogP contribution is -2.32. The molecule has 1 saturated heterocycles. The second-order valence-corrected chi connectivity index (χ2v) is 5.25. The fourth-order valence-electron chi connectivity index (χ4n) is 2.42. The van der Waals surface area contributed by atoms with Gasteiger partial charge in [-0.25, -0.2) is 4.39 Å². The van der Waals surface area contributed by atoms with Crippen LogP contribution in [0.15, 0.2) is 24.3 Å². The second kappa shape index (κ2) is 7.46. The second-order valence-electron chi connectivity index (χ2n) is 5.25. The van der Waals surface area contributed by atoms with Crippen molar-refractivity contribution in [3.05, 3.63) is 30.1 Å². The summed E-state index contributed by atoms with van der Waals surface area (Å²) in [7, 11) is 2.15. The van der Waals surface area contributed by atoms with Crippen molar-refractivity contribution >= 4 is 5.69 Å². The summed E-state index contributed by atoms with van der Waals surface area (Å²) in [6, 6.07) is 6.50. The van der Waals surface area contributed by atoms with Crippen molar-refractivity contribution in [2.75, 3.05) is 45.2 Å². The molecule has 0 radical (unpaired) electrons. The molecule has 0 spiro atoms. The van der Waals surface area contributed by atoms with E-state index in [9.17, 15) is 4.39 Å². The van der Waals surface area contributed by atoms with Gasteiger partial charge in [-0.05, 0) is 50.1 Å². The van der Waals surface area contributed by atoms with Crippen molar-refractivity contribution in [2.45, 2.75) is 12.8 Å². The Hall–Kier alpha value is -1.13. The number of likely N-dealkylation sites (N-methyl/N-ethyl adjacent to an activating group) is 1. The van der Waals surface area contributed by atoms with Crippen LogP contribution in [-0.2, 0) is 4.74 Å². The highest BCUT2D eigenvalue weighted by Gasteiger charge is 2.15. The number of hydrogen-bond acceptors (Lipinski definition) is 3. The molecule has 1 heterocycles. The molecule has 2 rings (SSSR count). The van der Waals surface area contributed by atoms with E-state index >= 15 is 0 Å². The first kappa shape index (κ1) is 14.3. The van der Waals surface area contributed by atoms with Gasteiger partial charge in [-0.3, -0.25) is 0 Å². The number of rotatable bonds is 6. The van der Waals surface area contributed by atoms with Crippen LogP contribution in [0.2, 0.25) is 0 Å². The van der Waals surface area contributed by atoms with Crippen molar-refractivity contribution in [3.8, 4) is 0 Å². The van der Waals surface area contributed by atoms with E-state index < -0.39 is 0 Å². The van der Waals surface area contributed by atoms with Crippen LogP contribution in [0.3, 0.4) is 0 Å². The lowest BCUT2D eigenvalue weighted by atomic mass is 10.00. The number of nitrogens with one attached hydrogen (secondary N) is 1. The molecule has 4 heteroatoms. The van der Waals surface area contributed by atoms with Gasteiger partial charge in [-0.2, -0.15) is 0 Å². The average Bonchev–Trinajstić information content (AvgIpc) is 2.42. The molecule has 0 saturated carbocycles. The van der Waals surface area contributed by atoms with Gasteiger partial charge in [0, 0.05) is 38.5 Å². The zero-order valence-electron chi connectivity index (χ0n) is 11.6. The minimum Gasteiger partial charge on any atom is -0.384 e. The van der Waals surface area contributed by atoms with E-state index in [1.165, 1.54) is 25.0 Å². The molecule has 1 fully saturated rings. The quantitative estimate of drug-likeness (QED) is 0.856. The number of halogens is 1. The standard InChI is InChI=1S/C15H23FN2O/c1-18(12-13-6-10-19-11-7-13)9-8-17-15-4-2-14(16)3-5-15/h2-5,13,17H,6-12H2,1H3. The Labute approximate surface area is 114 Å². The molecule has 0 atom stereocenters. The molecule has 0 bridgehead atoms. The summed E-state index contributed by atoms with van der Waals surface area (Å²) in [6.45, 7) is 4.83. The highest BCUT2D eigenvalue weighted by Crippen LogP contribution is 2.15. The highest BCUT2D eigenvalue weighted by atomic mass is 19.1. The van der Waals surface area contributed by atoms with Crippen molar-refractivity contribution < 1.29 is 9.13 Å². The molecule has 19 heavy (non-hydrogen) atoms. The van der Waals surface area contributed by atoms with E-state index in [1.807, 2.05) is 0 Å². The zero-order valence-corrected chi connectivity index (χ0v) is 11.6. The molecular formula is C15H23FN2O. The Morgan fingerprint density at radius 3 is 2.63 bits per heavy atom. The molecule has 1 aliphatic rings. The van der Waals surface area contributed by atoms with Crippen LogP contribution in [0.4, 0.5) is 10.1 Å². The normalized spacial score (nSPS) is 16.8. The van der Waals surface area contributed by atoms with Crippen LogP contribution >= 0.6 is 0 Å². The number of benzene rings is 1. The number of hydrogen-bond donors (Lipinski definition) is 1. The highest BCUT2D eigenvalue weighted by molar-refractivity contribution is 5.42. The fraction of sp³-hybridized carbons (Fsp3) is 0.600. The third-order valence-electron chi connectivity index (χ3n) is 3.58. The lowest BCUT2D eigenvalue weighted by molar-refractivity contribution is 0.0562. The van der Waals surface area contributed by atoms with Gasteiger partial charge in [0.05, 0.1) is 0 Å². The van der Waals surface area contributed by atoms with Crippen LogP contribution in [0.25, 0.3) is 0 Å². The van der Waals surface area contributed by atoms with Crippen LogP contribution < -0.4 is 5.32 Å². The Morgan fingerprint density at radius 1 is 1.26 bits per heavy atom. The molecule has 3 nitrogen and oxygen atoms in total. The molecule has 106 valence electrons. The Kier molecular flexibility index (Phi) is 5.61. The topological polar surface area (TPSA) is 24.5 Å². The van der Waals surface area contributed by atoms with Crippen LogP contribution in [0.5, 0.6) is 0 Å². The first-order valence-corrected chi connectivity index (χ1v) is 7.00. The molecule has 1 N–H and O–H groups in total. The van der Waals surface area contributed by atoms with Crippen molar-refractivity contribution in [1.82, 2.24) is 4.90 Å². The minimum absolute atomic E-state index is 0.192. The lowest BCUT2D eigenvalue weighted by Gasteiger charge is -2.27.